The van der Waals surface area contributed by atoms with Crippen LogP contribution in [0.4, 0.5) is 0 Å². The minimum Gasteiger partial charge on any atom is -0.493 e. The molecule has 19 heavy (non-hydrogen) atoms. The number of ether oxygens (including phenoxy) is 2. The summed E-state index contributed by atoms with van der Waals surface area (Å²) in [6.45, 7) is 2.84. The van der Waals surface area contributed by atoms with E-state index in [1.165, 1.54) is 0 Å². The Bertz CT molecular complexity index is 556. The van der Waals surface area contributed by atoms with Crippen molar-refractivity contribution in [2.75, 3.05) is 7.11 Å². The molecule has 1 aromatic carbocycles. The van der Waals surface area contributed by atoms with Crippen molar-refractivity contribution in [2.45, 2.75) is 20.1 Å². The maximum absolute atomic E-state index is 5.77. The average Bonchev–Trinajstić information content (AvgIpc) is 2.45. The molecule has 4 heteroatoms. The number of pyridine rings is 1. The molecular formula is C15H18N2O2. The van der Waals surface area contributed by atoms with E-state index < -0.39 is 0 Å². The van der Waals surface area contributed by atoms with Gasteiger partial charge in [-0.3, -0.25) is 4.98 Å². The summed E-state index contributed by atoms with van der Waals surface area (Å²) >= 11 is 0. The summed E-state index contributed by atoms with van der Waals surface area (Å²) in [5, 5.41) is 0. The highest BCUT2D eigenvalue weighted by Crippen LogP contribution is 2.28. The van der Waals surface area contributed by atoms with Crippen LogP contribution in [0, 0.1) is 6.92 Å². The van der Waals surface area contributed by atoms with Gasteiger partial charge in [0, 0.05) is 12.2 Å². The first-order valence-electron chi connectivity index (χ1n) is 6.15. The summed E-state index contributed by atoms with van der Waals surface area (Å²) in [6.07, 6.45) is 0. The molecule has 0 aliphatic rings. The number of rotatable bonds is 5. The summed E-state index contributed by atoms with van der Waals surface area (Å²) in [4.78, 5) is 4.40. The summed E-state index contributed by atoms with van der Waals surface area (Å²) in [6, 6.07) is 11.5. The van der Waals surface area contributed by atoms with Gasteiger partial charge in [0.05, 0.1) is 12.8 Å². The zero-order valence-electron chi connectivity index (χ0n) is 11.2. The Labute approximate surface area is 113 Å². The van der Waals surface area contributed by atoms with Crippen molar-refractivity contribution in [3.05, 3.63) is 53.3 Å². The lowest BCUT2D eigenvalue weighted by atomic mass is 10.2. The number of nitrogens with zero attached hydrogens (tertiary/aromatic N) is 1. The van der Waals surface area contributed by atoms with Crippen LogP contribution in [0.15, 0.2) is 36.4 Å². The normalized spacial score (nSPS) is 10.3. The summed E-state index contributed by atoms with van der Waals surface area (Å²) in [5.74, 6) is 1.39. The van der Waals surface area contributed by atoms with Crippen molar-refractivity contribution in [1.82, 2.24) is 4.98 Å². The number of aromatic nitrogens is 1. The molecule has 0 fully saturated rings. The van der Waals surface area contributed by atoms with Gasteiger partial charge in [-0.25, -0.2) is 0 Å². The average molecular weight is 258 g/mol. The molecule has 0 radical (unpaired) electrons. The van der Waals surface area contributed by atoms with Crippen LogP contribution in [-0.4, -0.2) is 12.1 Å². The Morgan fingerprint density at radius 1 is 1.16 bits per heavy atom. The van der Waals surface area contributed by atoms with E-state index in [4.69, 9.17) is 15.2 Å². The first-order chi connectivity index (χ1) is 9.22. The van der Waals surface area contributed by atoms with E-state index in [9.17, 15) is 0 Å². The molecule has 0 saturated heterocycles. The Kier molecular flexibility index (Phi) is 4.36. The van der Waals surface area contributed by atoms with Gasteiger partial charge in [-0.15, -0.1) is 0 Å². The van der Waals surface area contributed by atoms with Crippen LogP contribution in [0.2, 0.25) is 0 Å². The second kappa shape index (κ2) is 6.20. The zero-order chi connectivity index (χ0) is 13.7. The Morgan fingerprint density at radius 2 is 2.00 bits per heavy atom. The van der Waals surface area contributed by atoms with E-state index >= 15 is 0 Å². The van der Waals surface area contributed by atoms with Crippen molar-refractivity contribution in [2.24, 2.45) is 5.73 Å². The fraction of sp³-hybridized carbons (Fsp3) is 0.267. The Hall–Kier alpha value is -2.07. The second-order valence-electron chi connectivity index (χ2n) is 4.25. The van der Waals surface area contributed by atoms with Gasteiger partial charge >= 0.3 is 0 Å². The largest absolute Gasteiger partial charge is 0.493 e. The van der Waals surface area contributed by atoms with Crippen molar-refractivity contribution in [3.8, 4) is 11.5 Å². The van der Waals surface area contributed by atoms with Gasteiger partial charge in [-0.05, 0) is 36.8 Å². The lowest BCUT2D eigenvalue weighted by molar-refractivity contribution is 0.280. The standard InChI is InChI=1S/C15H18N2O2/c1-11-4-3-5-13(17-11)10-19-15-8-12(9-16)6-7-14(15)18-2/h3-8H,9-10,16H2,1-2H3. The molecule has 2 N–H and O–H groups in total. The summed E-state index contributed by atoms with van der Waals surface area (Å²) in [5.41, 5.74) is 8.50. The highest BCUT2D eigenvalue weighted by Gasteiger charge is 2.06. The molecule has 0 amide bonds. The summed E-state index contributed by atoms with van der Waals surface area (Å²) in [7, 11) is 1.62. The third-order valence-corrected chi connectivity index (χ3v) is 2.79. The fourth-order valence-electron chi connectivity index (χ4n) is 1.79. The van der Waals surface area contributed by atoms with Gasteiger partial charge in [-0.1, -0.05) is 12.1 Å². The smallest absolute Gasteiger partial charge is 0.162 e. The van der Waals surface area contributed by atoms with Crippen LogP contribution in [-0.2, 0) is 13.2 Å². The minimum atomic E-state index is 0.409. The summed E-state index contributed by atoms with van der Waals surface area (Å²) < 4.78 is 11.0. The van der Waals surface area contributed by atoms with Gasteiger partial charge in [0.2, 0.25) is 0 Å². The molecule has 4 nitrogen and oxygen atoms in total. The molecule has 0 aliphatic heterocycles. The molecule has 0 bridgehead atoms. The van der Waals surface area contributed by atoms with Crippen molar-refractivity contribution >= 4 is 0 Å². The first kappa shape index (κ1) is 13.4. The third kappa shape index (κ3) is 3.45. The third-order valence-electron chi connectivity index (χ3n) is 2.79. The molecule has 0 spiro atoms. The van der Waals surface area contributed by atoms with Crippen LogP contribution in [0.1, 0.15) is 17.0 Å². The van der Waals surface area contributed by atoms with E-state index in [1.54, 1.807) is 7.11 Å². The van der Waals surface area contributed by atoms with Crippen molar-refractivity contribution in [3.63, 3.8) is 0 Å². The number of aryl methyl sites for hydroxylation is 1. The number of hydrogen-bond acceptors (Lipinski definition) is 4. The van der Waals surface area contributed by atoms with Gasteiger partial charge in [0.1, 0.15) is 6.61 Å². The van der Waals surface area contributed by atoms with Gasteiger partial charge in [0.15, 0.2) is 11.5 Å². The fourth-order valence-corrected chi connectivity index (χ4v) is 1.79. The highest BCUT2D eigenvalue weighted by atomic mass is 16.5. The van der Waals surface area contributed by atoms with E-state index in [0.29, 0.717) is 24.7 Å². The van der Waals surface area contributed by atoms with Crippen molar-refractivity contribution < 1.29 is 9.47 Å². The number of nitrogens with two attached hydrogens (primary N) is 1. The number of methoxy groups -OCH3 is 1. The predicted molar refractivity (Wildman–Crippen MR) is 74.2 cm³/mol. The topological polar surface area (TPSA) is 57.4 Å². The van der Waals surface area contributed by atoms with Crippen LogP contribution in [0.25, 0.3) is 0 Å². The van der Waals surface area contributed by atoms with Crippen LogP contribution in [0.5, 0.6) is 11.5 Å². The van der Waals surface area contributed by atoms with Crippen molar-refractivity contribution in [1.29, 1.82) is 0 Å². The van der Waals surface area contributed by atoms with E-state index in [1.807, 2.05) is 43.3 Å². The molecule has 0 unspecified atom stereocenters. The molecule has 1 heterocycles. The molecule has 100 valence electrons. The van der Waals surface area contributed by atoms with Gasteiger partial charge in [0.25, 0.3) is 0 Å². The molecule has 0 aliphatic carbocycles. The minimum absolute atomic E-state index is 0.409. The van der Waals surface area contributed by atoms with Gasteiger partial charge < -0.3 is 15.2 Å². The maximum Gasteiger partial charge on any atom is 0.162 e. The quantitative estimate of drug-likeness (QED) is 0.895. The molecule has 2 aromatic rings. The highest BCUT2D eigenvalue weighted by molar-refractivity contribution is 5.43. The van der Waals surface area contributed by atoms with E-state index in [2.05, 4.69) is 4.98 Å². The SMILES string of the molecule is COc1ccc(CN)cc1OCc1cccc(C)n1. The van der Waals surface area contributed by atoms with E-state index in [0.717, 1.165) is 17.0 Å². The maximum atomic E-state index is 5.77. The number of hydrogen-bond donors (Lipinski definition) is 1. The first-order valence-corrected chi connectivity index (χ1v) is 6.15. The molecule has 1 aromatic heterocycles. The van der Waals surface area contributed by atoms with Crippen LogP contribution < -0.4 is 15.2 Å². The molecule has 0 atom stereocenters. The van der Waals surface area contributed by atoms with Crippen LogP contribution >= 0.6 is 0 Å². The lowest BCUT2D eigenvalue weighted by Gasteiger charge is -2.11. The van der Waals surface area contributed by atoms with Gasteiger partial charge in [-0.2, -0.15) is 0 Å². The Morgan fingerprint density at radius 3 is 2.68 bits per heavy atom. The lowest BCUT2D eigenvalue weighted by Crippen LogP contribution is -2.02. The van der Waals surface area contributed by atoms with E-state index in [-0.39, 0.29) is 0 Å². The Balaban J connectivity index is 2.14. The molecular weight excluding hydrogens is 240 g/mol. The second-order valence-corrected chi connectivity index (χ2v) is 4.25. The zero-order valence-corrected chi connectivity index (χ0v) is 11.2. The predicted octanol–water partition coefficient (Wildman–Crippen LogP) is 2.44. The molecule has 2 rings (SSSR count). The number of benzene rings is 1. The van der Waals surface area contributed by atoms with Crippen LogP contribution in [0.3, 0.4) is 0 Å². The molecule has 0 saturated carbocycles. The monoisotopic (exact) mass is 258 g/mol.